The molecule has 90 valence electrons. The summed E-state index contributed by atoms with van der Waals surface area (Å²) in [6.45, 7) is 10.8. The number of fused-ring (bicyclic) bond motifs is 1. The van der Waals surface area contributed by atoms with E-state index in [1.165, 1.54) is 10.9 Å². The van der Waals surface area contributed by atoms with E-state index in [0.29, 0.717) is 5.92 Å². The van der Waals surface area contributed by atoms with Crippen LogP contribution in [-0.4, -0.2) is 9.97 Å². The van der Waals surface area contributed by atoms with Gasteiger partial charge in [0, 0.05) is 17.0 Å². The number of benzene rings is 1. The maximum atomic E-state index is 4.68. The van der Waals surface area contributed by atoms with E-state index < -0.39 is 0 Å². The molecule has 17 heavy (non-hydrogen) atoms. The zero-order valence-electron chi connectivity index (χ0n) is 11.3. The fraction of sp³-hybridized carbons (Fsp3) is 0.467. The summed E-state index contributed by atoms with van der Waals surface area (Å²) < 4.78 is 0. The third-order valence-corrected chi connectivity index (χ3v) is 2.95. The van der Waals surface area contributed by atoms with Crippen molar-refractivity contribution in [3.05, 3.63) is 35.8 Å². The van der Waals surface area contributed by atoms with E-state index in [2.05, 4.69) is 62.8 Å². The van der Waals surface area contributed by atoms with Crippen LogP contribution in [0.1, 0.15) is 51.9 Å². The zero-order chi connectivity index (χ0) is 12.6. The van der Waals surface area contributed by atoms with Crippen molar-refractivity contribution in [1.82, 2.24) is 9.97 Å². The minimum Gasteiger partial charge on any atom is -0.240 e. The lowest BCUT2D eigenvalue weighted by molar-refractivity contribution is 0.548. The Kier molecular flexibility index (Phi) is 2.90. The number of hydrogen-bond acceptors (Lipinski definition) is 2. The molecule has 2 nitrogen and oxygen atoms in total. The van der Waals surface area contributed by atoms with Gasteiger partial charge in [0.05, 0.1) is 5.52 Å². The molecule has 0 N–H and O–H groups in total. The summed E-state index contributed by atoms with van der Waals surface area (Å²) in [7, 11) is 0. The first-order valence-corrected chi connectivity index (χ1v) is 6.16. The summed E-state index contributed by atoms with van der Waals surface area (Å²) in [4.78, 5) is 9.19. The van der Waals surface area contributed by atoms with Crippen molar-refractivity contribution in [3.8, 4) is 0 Å². The minimum atomic E-state index is 0.00201. The molecule has 2 rings (SSSR count). The summed E-state index contributed by atoms with van der Waals surface area (Å²) in [5, 5.41) is 1.18. The Labute approximate surface area is 103 Å². The first-order chi connectivity index (χ1) is 7.89. The second-order valence-corrected chi connectivity index (χ2v) is 5.88. The van der Waals surface area contributed by atoms with Gasteiger partial charge in [-0.3, -0.25) is 0 Å². The molecule has 1 heterocycles. The molecule has 0 aliphatic heterocycles. The quantitative estimate of drug-likeness (QED) is 0.736. The monoisotopic (exact) mass is 228 g/mol. The highest BCUT2D eigenvalue weighted by atomic mass is 14.9. The minimum absolute atomic E-state index is 0.00201. The van der Waals surface area contributed by atoms with E-state index in [1.54, 1.807) is 0 Å². The lowest BCUT2D eigenvalue weighted by Gasteiger charge is -2.17. The van der Waals surface area contributed by atoms with Gasteiger partial charge in [0.15, 0.2) is 0 Å². The third kappa shape index (κ3) is 2.31. The van der Waals surface area contributed by atoms with E-state index in [4.69, 9.17) is 0 Å². The Bertz CT molecular complexity index is 536. The van der Waals surface area contributed by atoms with E-state index in [9.17, 15) is 0 Å². The number of rotatable bonds is 1. The second kappa shape index (κ2) is 4.10. The Morgan fingerprint density at radius 1 is 1.12 bits per heavy atom. The molecule has 0 aliphatic carbocycles. The van der Waals surface area contributed by atoms with Crippen LogP contribution in [0.2, 0.25) is 0 Å². The van der Waals surface area contributed by atoms with Crippen molar-refractivity contribution in [2.45, 2.75) is 46.0 Å². The van der Waals surface area contributed by atoms with E-state index >= 15 is 0 Å². The van der Waals surface area contributed by atoms with Gasteiger partial charge >= 0.3 is 0 Å². The molecule has 0 spiro atoms. The van der Waals surface area contributed by atoms with Crippen molar-refractivity contribution in [3.63, 3.8) is 0 Å². The average Bonchev–Trinajstić information content (AvgIpc) is 2.26. The molecule has 2 aromatic rings. The number of aromatic nitrogens is 2. The normalized spacial score (nSPS) is 12.4. The molecule has 0 aliphatic rings. The van der Waals surface area contributed by atoms with Gasteiger partial charge in [-0.2, -0.15) is 0 Å². The predicted octanol–water partition coefficient (Wildman–Crippen LogP) is 4.05. The van der Waals surface area contributed by atoms with Gasteiger partial charge in [0.1, 0.15) is 5.82 Å². The van der Waals surface area contributed by atoms with Crippen molar-refractivity contribution >= 4 is 10.9 Å². The Hall–Kier alpha value is -1.44. The van der Waals surface area contributed by atoms with E-state index in [-0.39, 0.29) is 5.41 Å². The average molecular weight is 228 g/mol. The fourth-order valence-corrected chi connectivity index (χ4v) is 1.94. The number of nitrogens with zero attached hydrogens (tertiary/aromatic N) is 2. The molecule has 0 unspecified atom stereocenters. The summed E-state index contributed by atoms with van der Waals surface area (Å²) in [6.07, 6.45) is 1.97. The first-order valence-electron chi connectivity index (χ1n) is 6.16. The summed E-state index contributed by atoms with van der Waals surface area (Å²) >= 11 is 0. The molecule has 0 fully saturated rings. The van der Waals surface area contributed by atoms with Gasteiger partial charge in [-0.15, -0.1) is 0 Å². The van der Waals surface area contributed by atoms with Crippen molar-refractivity contribution in [2.75, 3.05) is 0 Å². The van der Waals surface area contributed by atoms with Gasteiger partial charge < -0.3 is 0 Å². The van der Waals surface area contributed by atoms with Gasteiger partial charge in [-0.05, 0) is 17.5 Å². The second-order valence-electron chi connectivity index (χ2n) is 5.88. The van der Waals surface area contributed by atoms with Crippen LogP contribution >= 0.6 is 0 Å². The number of hydrogen-bond donors (Lipinski definition) is 0. The van der Waals surface area contributed by atoms with Crippen molar-refractivity contribution in [1.29, 1.82) is 0 Å². The molecule has 1 aromatic heterocycles. The van der Waals surface area contributed by atoms with Crippen LogP contribution in [0, 0.1) is 0 Å². The van der Waals surface area contributed by atoms with Crippen molar-refractivity contribution < 1.29 is 0 Å². The highest BCUT2D eigenvalue weighted by molar-refractivity contribution is 5.81. The van der Waals surface area contributed by atoms with Gasteiger partial charge in [0.25, 0.3) is 0 Å². The maximum absolute atomic E-state index is 4.68. The predicted molar refractivity (Wildman–Crippen MR) is 72.3 cm³/mol. The molecule has 0 radical (unpaired) electrons. The first kappa shape index (κ1) is 12.0. The lowest BCUT2D eigenvalue weighted by Crippen LogP contribution is -2.15. The van der Waals surface area contributed by atoms with Crippen LogP contribution in [0.5, 0.6) is 0 Å². The van der Waals surface area contributed by atoms with Crippen LogP contribution < -0.4 is 0 Å². The molecule has 0 atom stereocenters. The molecule has 0 amide bonds. The summed E-state index contributed by atoms with van der Waals surface area (Å²) in [5.74, 6) is 1.41. The summed E-state index contributed by atoms with van der Waals surface area (Å²) in [6, 6.07) is 6.31. The fourth-order valence-electron chi connectivity index (χ4n) is 1.94. The standard InChI is InChI=1S/C15H20N2/c1-10(2)11-7-6-8-13-12(11)9-16-14(17-13)15(3,4)5/h6-10H,1-5H3. The lowest BCUT2D eigenvalue weighted by atomic mass is 9.94. The molecule has 0 saturated heterocycles. The molecular weight excluding hydrogens is 208 g/mol. The molecule has 0 saturated carbocycles. The Morgan fingerprint density at radius 2 is 1.82 bits per heavy atom. The van der Waals surface area contributed by atoms with Gasteiger partial charge in [-0.25, -0.2) is 9.97 Å². The molecule has 1 aromatic carbocycles. The van der Waals surface area contributed by atoms with Crippen LogP contribution in [0.15, 0.2) is 24.4 Å². The summed E-state index contributed by atoms with van der Waals surface area (Å²) in [5.41, 5.74) is 2.38. The van der Waals surface area contributed by atoms with Gasteiger partial charge in [-0.1, -0.05) is 46.8 Å². The van der Waals surface area contributed by atoms with Crippen LogP contribution in [0.3, 0.4) is 0 Å². The zero-order valence-corrected chi connectivity index (χ0v) is 11.3. The van der Waals surface area contributed by atoms with Gasteiger partial charge in [0.2, 0.25) is 0 Å². The van der Waals surface area contributed by atoms with Crippen molar-refractivity contribution in [2.24, 2.45) is 0 Å². The highest BCUT2D eigenvalue weighted by Gasteiger charge is 2.18. The maximum Gasteiger partial charge on any atom is 0.134 e. The Morgan fingerprint density at radius 3 is 2.41 bits per heavy atom. The smallest absolute Gasteiger partial charge is 0.134 e. The van der Waals surface area contributed by atoms with Crippen LogP contribution in [-0.2, 0) is 5.41 Å². The SMILES string of the molecule is CC(C)c1cccc2nc(C(C)(C)C)ncc12. The van der Waals surface area contributed by atoms with E-state index in [1.807, 2.05) is 6.20 Å². The topological polar surface area (TPSA) is 25.8 Å². The molecule has 2 heteroatoms. The highest BCUT2D eigenvalue weighted by Crippen LogP contribution is 2.26. The molecular formula is C15H20N2. The Balaban J connectivity index is 2.65. The molecule has 0 bridgehead atoms. The van der Waals surface area contributed by atoms with Crippen LogP contribution in [0.25, 0.3) is 10.9 Å². The van der Waals surface area contributed by atoms with E-state index in [0.717, 1.165) is 11.3 Å². The van der Waals surface area contributed by atoms with Crippen LogP contribution in [0.4, 0.5) is 0 Å². The largest absolute Gasteiger partial charge is 0.240 e. The third-order valence-electron chi connectivity index (χ3n) is 2.95.